The molecule has 3 nitrogen and oxygen atoms in total. The first kappa shape index (κ1) is 22.0. The molecule has 0 fully saturated rings. The summed E-state index contributed by atoms with van der Waals surface area (Å²) in [7, 11) is 0. The standard InChI is InChI=1S/C20H32F2O3/c1-5-23-20(24-6-2,25-7-3)16(4)11-9-8-10-12-17-13-14-18(21)19(22)15-17/h13-16H,5-12H2,1-4H3. The van der Waals surface area contributed by atoms with Crippen LogP contribution in [0, 0.1) is 17.6 Å². The Hall–Kier alpha value is -1.04. The van der Waals surface area contributed by atoms with E-state index in [9.17, 15) is 8.78 Å². The Balaban J connectivity index is 2.42. The monoisotopic (exact) mass is 358 g/mol. The molecule has 1 aromatic carbocycles. The van der Waals surface area contributed by atoms with Crippen LogP contribution in [0.4, 0.5) is 8.78 Å². The summed E-state index contributed by atoms with van der Waals surface area (Å²) in [6.45, 7) is 9.46. The molecule has 0 aromatic heterocycles. The first-order valence-corrected chi connectivity index (χ1v) is 9.34. The van der Waals surface area contributed by atoms with Crippen molar-refractivity contribution in [3.8, 4) is 0 Å². The first-order chi connectivity index (χ1) is 12.0. The van der Waals surface area contributed by atoms with E-state index in [2.05, 4.69) is 6.92 Å². The third kappa shape index (κ3) is 7.00. The van der Waals surface area contributed by atoms with Gasteiger partial charge in [0.15, 0.2) is 11.6 Å². The maximum atomic E-state index is 13.2. The minimum absolute atomic E-state index is 0.107. The molecular weight excluding hydrogens is 326 g/mol. The van der Waals surface area contributed by atoms with Gasteiger partial charge >= 0.3 is 0 Å². The van der Waals surface area contributed by atoms with Crippen molar-refractivity contribution < 1.29 is 23.0 Å². The number of ether oxygens (including phenoxy) is 3. The zero-order valence-electron chi connectivity index (χ0n) is 15.9. The second-order valence-electron chi connectivity index (χ2n) is 6.15. The zero-order chi connectivity index (χ0) is 18.7. The highest BCUT2D eigenvalue weighted by molar-refractivity contribution is 5.17. The second-order valence-corrected chi connectivity index (χ2v) is 6.15. The van der Waals surface area contributed by atoms with Crippen molar-refractivity contribution in [1.29, 1.82) is 0 Å². The number of rotatable bonds is 13. The molecule has 0 spiro atoms. The molecule has 1 atom stereocenters. The number of halogens is 2. The van der Waals surface area contributed by atoms with Crippen LogP contribution < -0.4 is 0 Å². The van der Waals surface area contributed by atoms with E-state index in [1.54, 1.807) is 6.07 Å². The minimum atomic E-state index is -0.974. The van der Waals surface area contributed by atoms with Crippen molar-refractivity contribution in [3.05, 3.63) is 35.4 Å². The summed E-state index contributed by atoms with van der Waals surface area (Å²) in [6.07, 6.45) is 4.60. The molecule has 1 aromatic rings. The van der Waals surface area contributed by atoms with Crippen LogP contribution in [0.3, 0.4) is 0 Å². The molecule has 25 heavy (non-hydrogen) atoms. The van der Waals surface area contributed by atoms with E-state index in [-0.39, 0.29) is 5.92 Å². The molecule has 0 aliphatic carbocycles. The lowest BCUT2D eigenvalue weighted by Crippen LogP contribution is -2.45. The molecule has 5 heteroatoms. The average Bonchev–Trinajstić information content (AvgIpc) is 2.58. The van der Waals surface area contributed by atoms with Crippen molar-refractivity contribution in [2.75, 3.05) is 19.8 Å². The van der Waals surface area contributed by atoms with Crippen molar-refractivity contribution in [3.63, 3.8) is 0 Å². The minimum Gasteiger partial charge on any atom is -0.328 e. The predicted octanol–water partition coefficient (Wildman–Crippen LogP) is 5.47. The molecule has 0 amide bonds. The summed E-state index contributed by atoms with van der Waals surface area (Å²) in [4.78, 5) is 0. The van der Waals surface area contributed by atoms with Gasteiger partial charge in [-0.25, -0.2) is 8.78 Å². The molecule has 0 heterocycles. The van der Waals surface area contributed by atoms with Crippen LogP contribution in [-0.4, -0.2) is 25.8 Å². The van der Waals surface area contributed by atoms with Crippen LogP contribution in [0.1, 0.15) is 58.9 Å². The lowest BCUT2D eigenvalue weighted by atomic mass is 9.98. The van der Waals surface area contributed by atoms with E-state index in [1.165, 1.54) is 12.1 Å². The summed E-state index contributed by atoms with van der Waals surface area (Å²) in [6, 6.07) is 4.11. The van der Waals surface area contributed by atoms with E-state index in [1.807, 2.05) is 20.8 Å². The smallest absolute Gasteiger partial charge is 0.285 e. The van der Waals surface area contributed by atoms with Gasteiger partial charge in [0.25, 0.3) is 5.97 Å². The molecule has 0 N–H and O–H groups in total. The van der Waals surface area contributed by atoms with Gasteiger partial charge in [-0.1, -0.05) is 25.8 Å². The van der Waals surface area contributed by atoms with E-state index < -0.39 is 17.6 Å². The maximum absolute atomic E-state index is 13.2. The van der Waals surface area contributed by atoms with Crippen LogP contribution in [0.2, 0.25) is 0 Å². The fourth-order valence-corrected chi connectivity index (χ4v) is 2.98. The zero-order valence-corrected chi connectivity index (χ0v) is 15.9. The third-order valence-electron chi connectivity index (χ3n) is 4.23. The third-order valence-corrected chi connectivity index (χ3v) is 4.23. The molecule has 0 saturated carbocycles. The van der Waals surface area contributed by atoms with Gasteiger partial charge in [0.05, 0.1) is 0 Å². The van der Waals surface area contributed by atoms with Crippen molar-refractivity contribution >= 4 is 0 Å². The van der Waals surface area contributed by atoms with Gasteiger partial charge in [0.1, 0.15) is 0 Å². The summed E-state index contributed by atoms with van der Waals surface area (Å²) < 4.78 is 43.5. The second kappa shape index (κ2) is 11.6. The lowest BCUT2D eigenvalue weighted by molar-refractivity contribution is -0.400. The fourth-order valence-electron chi connectivity index (χ4n) is 2.98. The van der Waals surface area contributed by atoms with Gasteiger partial charge in [0, 0.05) is 25.7 Å². The normalized spacial score (nSPS) is 13.2. The highest BCUT2D eigenvalue weighted by Gasteiger charge is 2.38. The lowest BCUT2D eigenvalue weighted by Gasteiger charge is -2.37. The topological polar surface area (TPSA) is 27.7 Å². The quantitative estimate of drug-likeness (QED) is 0.346. The van der Waals surface area contributed by atoms with Crippen molar-refractivity contribution in [1.82, 2.24) is 0 Å². The highest BCUT2D eigenvalue weighted by atomic mass is 19.2. The number of aryl methyl sites for hydroxylation is 1. The number of unbranched alkanes of at least 4 members (excludes halogenated alkanes) is 2. The molecule has 0 saturated heterocycles. The van der Waals surface area contributed by atoms with Gasteiger partial charge in [-0.05, 0) is 57.7 Å². The summed E-state index contributed by atoms with van der Waals surface area (Å²) in [5, 5.41) is 0. The molecule has 1 unspecified atom stereocenters. The molecule has 0 bridgehead atoms. The average molecular weight is 358 g/mol. The van der Waals surface area contributed by atoms with Gasteiger partial charge in [-0.2, -0.15) is 0 Å². The fraction of sp³-hybridized carbons (Fsp3) is 0.700. The van der Waals surface area contributed by atoms with E-state index in [0.29, 0.717) is 19.8 Å². The molecule has 0 aliphatic rings. The Labute approximate surface area is 150 Å². The van der Waals surface area contributed by atoms with Crippen molar-refractivity contribution in [2.24, 2.45) is 5.92 Å². The van der Waals surface area contributed by atoms with Gasteiger partial charge in [-0.15, -0.1) is 0 Å². The summed E-state index contributed by atoms with van der Waals surface area (Å²) in [5.41, 5.74) is 0.833. The van der Waals surface area contributed by atoms with Crippen LogP contribution in [0.25, 0.3) is 0 Å². The van der Waals surface area contributed by atoms with Gasteiger partial charge in [0.2, 0.25) is 0 Å². The Morgan fingerprint density at radius 1 is 0.880 bits per heavy atom. The number of benzene rings is 1. The van der Waals surface area contributed by atoms with Crippen LogP contribution in [0.15, 0.2) is 18.2 Å². The predicted molar refractivity (Wildman–Crippen MR) is 95.3 cm³/mol. The first-order valence-electron chi connectivity index (χ1n) is 9.34. The SMILES string of the molecule is CCOC(OCC)(OCC)C(C)CCCCCc1ccc(F)c(F)c1. The van der Waals surface area contributed by atoms with Crippen LogP contribution >= 0.6 is 0 Å². The number of hydrogen-bond acceptors (Lipinski definition) is 3. The van der Waals surface area contributed by atoms with Gasteiger partial charge < -0.3 is 14.2 Å². The summed E-state index contributed by atoms with van der Waals surface area (Å²) in [5.74, 6) is -2.44. The van der Waals surface area contributed by atoms with E-state index in [0.717, 1.165) is 37.7 Å². The molecule has 1 rings (SSSR count). The molecule has 0 radical (unpaired) electrons. The van der Waals surface area contributed by atoms with Crippen LogP contribution in [-0.2, 0) is 20.6 Å². The molecular formula is C20H32F2O3. The molecule has 0 aliphatic heterocycles. The Bertz CT molecular complexity index is 477. The summed E-state index contributed by atoms with van der Waals surface area (Å²) >= 11 is 0. The highest BCUT2D eigenvalue weighted by Crippen LogP contribution is 2.30. The number of hydrogen-bond donors (Lipinski definition) is 0. The Kier molecular flexibility index (Phi) is 10.2. The van der Waals surface area contributed by atoms with E-state index in [4.69, 9.17) is 14.2 Å². The van der Waals surface area contributed by atoms with E-state index >= 15 is 0 Å². The van der Waals surface area contributed by atoms with Gasteiger partial charge in [-0.3, -0.25) is 0 Å². The van der Waals surface area contributed by atoms with Crippen molar-refractivity contribution in [2.45, 2.75) is 65.8 Å². The van der Waals surface area contributed by atoms with Crippen LogP contribution in [0.5, 0.6) is 0 Å². The largest absolute Gasteiger partial charge is 0.328 e. The Morgan fingerprint density at radius 3 is 2.00 bits per heavy atom. The maximum Gasteiger partial charge on any atom is 0.285 e. The Morgan fingerprint density at radius 2 is 1.48 bits per heavy atom. The molecule has 144 valence electrons.